The van der Waals surface area contributed by atoms with Crippen LogP contribution in [-0.4, -0.2) is 31.4 Å². The molecule has 0 saturated heterocycles. The van der Waals surface area contributed by atoms with E-state index in [0.29, 0.717) is 16.3 Å². The van der Waals surface area contributed by atoms with E-state index in [2.05, 4.69) is 15.5 Å². The Bertz CT molecular complexity index is 950. The summed E-state index contributed by atoms with van der Waals surface area (Å²) in [5.41, 5.74) is 2.97. The fourth-order valence-corrected chi connectivity index (χ4v) is 3.29. The van der Waals surface area contributed by atoms with Gasteiger partial charge >= 0.3 is 0 Å². The van der Waals surface area contributed by atoms with Crippen LogP contribution in [0.1, 0.15) is 21.5 Å². The highest BCUT2D eigenvalue weighted by Gasteiger charge is 2.19. The van der Waals surface area contributed by atoms with Gasteiger partial charge in [-0.15, -0.1) is 5.10 Å². The standard InChI is InChI=1S/C16H13N5O3S/c1-10-5-11(2)7-13(6-10)20-16(17-18-19-20)25-15-4-3-12(9-22)8-14(15)21(23)24/h3-9H,1-2H3. The van der Waals surface area contributed by atoms with Gasteiger partial charge in [0.05, 0.1) is 15.5 Å². The number of benzene rings is 2. The highest BCUT2D eigenvalue weighted by Crippen LogP contribution is 2.34. The van der Waals surface area contributed by atoms with Crippen molar-refractivity contribution in [3.8, 4) is 5.69 Å². The summed E-state index contributed by atoms with van der Waals surface area (Å²) < 4.78 is 1.53. The van der Waals surface area contributed by atoms with E-state index in [1.807, 2.05) is 32.0 Å². The third kappa shape index (κ3) is 3.56. The summed E-state index contributed by atoms with van der Waals surface area (Å²) in [6.45, 7) is 3.94. The van der Waals surface area contributed by atoms with Crippen LogP contribution >= 0.6 is 11.8 Å². The zero-order chi connectivity index (χ0) is 18.0. The van der Waals surface area contributed by atoms with Crippen LogP contribution in [0.25, 0.3) is 5.69 Å². The second kappa shape index (κ2) is 6.81. The average Bonchev–Trinajstić information content (AvgIpc) is 3.02. The van der Waals surface area contributed by atoms with E-state index in [0.717, 1.165) is 28.6 Å². The molecule has 9 heteroatoms. The number of tetrazole rings is 1. The summed E-state index contributed by atoms with van der Waals surface area (Å²) in [6.07, 6.45) is 0.570. The predicted molar refractivity (Wildman–Crippen MR) is 91.2 cm³/mol. The molecule has 8 nitrogen and oxygen atoms in total. The third-order valence-corrected chi connectivity index (χ3v) is 4.41. The van der Waals surface area contributed by atoms with Gasteiger partial charge < -0.3 is 0 Å². The molecule has 0 aliphatic rings. The Morgan fingerprint density at radius 3 is 2.52 bits per heavy atom. The lowest BCUT2D eigenvalue weighted by Gasteiger charge is -2.07. The van der Waals surface area contributed by atoms with Crippen LogP contribution in [0.5, 0.6) is 0 Å². The Morgan fingerprint density at radius 1 is 1.16 bits per heavy atom. The van der Waals surface area contributed by atoms with Crippen molar-refractivity contribution in [3.63, 3.8) is 0 Å². The lowest BCUT2D eigenvalue weighted by Crippen LogP contribution is -2.00. The summed E-state index contributed by atoms with van der Waals surface area (Å²) in [4.78, 5) is 22.0. The van der Waals surface area contributed by atoms with E-state index in [1.54, 1.807) is 0 Å². The number of aromatic nitrogens is 4. The van der Waals surface area contributed by atoms with Gasteiger partial charge in [-0.05, 0) is 65.4 Å². The molecule has 1 heterocycles. The molecule has 3 aromatic rings. The molecule has 0 unspecified atom stereocenters. The molecule has 0 spiro atoms. The number of aryl methyl sites for hydroxylation is 2. The molecule has 0 bridgehead atoms. The molecule has 126 valence electrons. The summed E-state index contributed by atoms with van der Waals surface area (Å²) in [7, 11) is 0. The van der Waals surface area contributed by atoms with Crippen molar-refractivity contribution in [2.45, 2.75) is 23.9 Å². The van der Waals surface area contributed by atoms with Gasteiger partial charge in [0.15, 0.2) is 0 Å². The van der Waals surface area contributed by atoms with E-state index in [-0.39, 0.29) is 11.3 Å². The van der Waals surface area contributed by atoms with Crippen LogP contribution in [0.2, 0.25) is 0 Å². The van der Waals surface area contributed by atoms with Crippen molar-refractivity contribution in [2.75, 3.05) is 0 Å². The minimum absolute atomic E-state index is 0.162. The van der Waals surface area contributed by atoms with Crippen LogP contribution < -0.4 is 0 Å². The van der Waals surface area contributed by atoms with Crippen LogP contribution in [0.3, 0.4) is 0 Å². The van der Waals surface area contributed by atoms with Crippen molar-refractivity contribution in [1.82, 2.24) is 20.2 Å². The number of hydrogen-bond acceptors (Lipinski definition) is 7. The Hall–Kier alpha value is -3.07. The lowest BCUT2D eigenvalue weighted by atomic mass is 10.1. The van der Waals surface area contributed by atoms with Gasteiger partial charge in [0.25, 0.3) is 5.69 Å². The number of nitro groups is 1. The highest BCUT2D eigenvalue weighted by molar-refractivity contribution is 7.99. The molecule has 25 heavy (non-hydrogen) atoms. The summed E-state index contributed by atoms with van der Waals surface area (Å²) in [6, 6.07) is 10.2. The second-order valence-electron chi connectivity index (χ2n) is 5.42. The lowest BCUT2D eigenvalue weighted by molar-refractivity contribution is -0.387. The zero-order valence-electron chi connectivity index (χ0n) is 13.4. The van der Waals surface area contributed by atoms with E-state index < -0.39 is 4.92 Å². The predicted octanol–water partition coefficient (Wildman–Crippen LogP) is 3.15. The van der Waals surface area contributed by atoms with Crippen molar-refractivity contribution in [2.24, 2.45) is 0 Å². The Kier molecular flexibility index (Phi) is 4.57. The molecule has 1 aromatic heterocycles. The summed E-state index contributed by atoms with van der Waals surface area (Å²) in [5, 5.41) is 23.3. The van der Waals surface area contributed by atoms with Crippen molar-refractivity contribution in [1.29, 1.82) is 0 Å². The van der Waals surface area contributed by atoms with E-state index in [9.17, 15) is 14.9 Å². The first kappa shape index (κ1) is 16.8. The maximum Gasteiger partial charge on any atom is 0.284 e. The Labute approximate surface area is 147 Å². The quantitative estimate of drug-likeness (QED) is 0.393. The van der Waals surface area contributed by atoms with Crippen LogP contribution in [-0.2, 0) is 0 Å². The maximum atomic E-state index is 11.3. The van der Waals surface area contributed by atoms with E-state index >= 15 is 0 Å². The molecule has 0 radical (unpaired) electrons. The normalized spacial score (nSPS) is 10.6. The van der Waals surface area contributed by atoms with Gasteiger partial charge in [-0.1, -0.05) is 12.1 Å². The highest BCUT2D eigenvalue weighted by atomic mass is 32.2. The molecule has 0 saturated carbocycles. The van der Waals surface area contributed by atoms with Gasteiger partial charge in [-0.25, -0.2) is 0 Å². The molecular weight excluding hydrogens is 342 g/mol. The first-order valence-electron chi connectivity index (χ1n) is 7.26. The maximum absolute atomic E-state index is 11.3. The molecule has 0 amide bonds. The number of nitrogens with zero attached hydrogens (tertiary/aromatic N) is 5. The van der Waals surface area contributed by atoms with Crippen LogP contribution in [0, 0.1) is 24.0 Å². The molecule has 0 fully saturated rings. The Morgan fingerprint density at radius 2 is 1.88 bits per heavy atom. The van der Waals surface area contributed by atoms with Gasteiger partial charge in [0.2, 0.25) is 5.16 Å². The van der Waals surface area contributed by atoms with Gasteiger partial charge in [0.1, 0.15) is 6.29 Å². The molecule has 2 aromatic carbocycles. The zero-order valence-corrected chi connectivity index (χ0v) is 14.2. The molecular formula is C16H13N5O3S. The van der Waals surface area contributed by atoms with Gasteiger partial charge in [0, 0.05) is 11.6 Å². The largest absolute Gasteiger partial charge is 0.298 e. The van der Waals surface area contributed by atoms with Crippen molar-refractivity contribution >= 4 is 23.7 Å². The van der Waals surface area contributed by atoms with Crippen molar-refractivity contribution < 1.29 is 9.72 Å². The number of carbonyl (C=O) groups excluding carboxylic acids is 1. The van der Waals surface area contributed by atoms with Crippen LogP contribution in [0.15, 0.2) is 46.5 Å². The molecule has 3 rings (SSSR count). The van der Waals surface area contributed by atoms with E-state index in [1.165, 1.54) is 22.9 Å². The number of rotatable bonds is 5. The smallest absolute Gasteiger partial charge is 0.284 e. The molecule has 0 aliphatic carbocycles. The molecule has 0 aliphatic heterocycles. The summed E-state index contributed by atoms with van der Waals surface area (Å²) in [5.74, 6) is 0. The van der Waals surface area contributed by atoms with Crippen molar-refractivity contribution in [3.05, 3.63) is 63.2 Å². The van der Waals surface area contributed by atoms with Crippen LogP contribution in [0.4, 0.5) is 5.69 Å². The average molecular weight is 355 g/mol. The number of nitro benzene ring substituents is 1. The number of carbonyl (C=O) groups is 1. The second-order valence-corrected chi connectivity index (χ2v) is 6.43. The minimum Gasteiger partial charge on any atom is -0.298 e. The fourth-order valence-electron chi connectivity index (χ4n) is 2.41. The first-order chi connectivity index (χ1) is 12.0. The van der Waals surface area contributed by atoms with Gasteiger partial charge in [-0.3, -0.25) is 14.9 Å². The monoisotopic (exact) mass is 355 g/mol. The van der Waals surface area contributed by atoms with Gasteiger partial charge in [-0.2, -0.15) is 4.68 Å². The van der Waals surface area contributed by atoms with E-state index in [4.69, 9.17) is 0 Å². The number of hydrogen-bond donors (Lipinski definition) is 0. The molecule has 0 N–H and O–H groups in total. The Balaban J connectivity index is 2.02. The fraction of sp³-hybridized carbons (Fsp3) is 0.125. The summed E-state index contributed by atoms with van der Waals surface area (Å²) >= 11 is 1.07. The molecule has 0 atom stereocenters. The SMILES string of the molecule is Cc1cc(C)cc(-n2nnnc2Sc2ccc(C=O)cc2[N+](=O)[O-])c1. The minimum atomic E-state index is -0.527. The third-order valence-electron chi connectivity index (χ3n) is 3.41. The first-order valence-corrected chi connectivity index (χ1v) is 8.08. The number of aldehydes is 1. The topological polar surface area (TPSA) is 104 Å².